The molecular formula is C11H11Cl2N3O2S. The molecule has 0 spiro atoms. The predicted molar refractivity (Wildman–Crippen MR) is 75.2 cm³/mol. The third-order valence-electron chi connectivity index (χ3n) is 2.46. The van der Waals surface area contributed by atoms with Crippen molar-refractivity contribution in [3.63, 3.8) is 0 Å². The number of rotatable bonds is 4. The van der Waals surface area contributed by atoms with Crippen molar-refractivity contribution < 1.29 is 8.42 Å². The smallest absolute Gasteiger partial charge is 0.264 e. The van der Waals surface area contributed by atoms with Crippen LogP contribution in [0, 0.1) is 0 Å². The average molecular weight is 320 g/mol. The van der Waals surface area contributed by atoms with E-state index in [0.29, 0.717) is 0 Å². The molecule has 19 heavy (non-hydrogen) atoms. The Morgan fingerprint density at radius 2 is 2.11 bits per heavy atom. The van der Waals surface area contributed by atoms with Crippen LogP contribution in [0.3, 0.4) is 0 Å². The first-order chi connectivity index (χ1) is 8.94. The largest absolute Gasteiger partial charge is 0.280 e. The van der Waals surface area contributed by atoms with Crippen molar-refractivity contribution in [1.29, 1.82) is 0 Å². The maximum atomic E-state index is 12.2. The van der Waals surface area contributed by atoms with Crippen LogP contribution in [0.1, 0.15) is 12.6 Å². The fraction of sp³-hybridized carbons (Fsp3) is 0.182. The van der Waals surface area contributed by atoms with Crippen LogP contribution in [0.5, 0.6) is 0 Å². The second kappa shape index (κ2) is 5.40. The molecule has 0 atom stereocenters. The summed E-state index contributed by atoms with van der Waals surface area (Å²) in [5.74, 6) is 0.216. The molecule has 1 aromatic heterocycles. The van der Waals surface area contributed by atoms with Crippen molar-refractivity contribution in [2.45, 2.75) is 18.2 Å². The number of benzene rings is 1. The summed E-state index contributed by atoms with van der Waals surface area (Å²) in [6.07, 6.45) is 0.729. The van der Waals surface area contributed by atoms with Gasteiger partial charge in [-0.25, -0.2) is 8.42 Å². The molecular weight excluding hydrogens is 309 g/mol. The van der Waals surface area contributed by atoms with Crippen molar-refractivity contribution in [1.82, 2.24) is 10.2 Å². The number of hydrogen-bond donors (Lipinski definition) is 2. The number of nitrogens with zero attached hydrogens (tertiary/aromatic N) is 1. The molecule has 0 saturated heterocycles. The number of H-pyrrole nitrogens is 1. The fourth-order valence-electron chi connectivity index (χ4n) is 1.48. The molecule has 0 aliphatic carbocycles. The second-order valence-corrected chi connectivity index (χ2v) is 6.23. The minimum atomic E-state index is -3.81. The molecule has 0 saturated carbocycles. The van der Waals surface area contributed by atoms with Crippen molar-refractivity contribution in [2.24, 2.45) is 0 Å². The maximum Gasteiger partial charge on any atom is 0.264 e. The van der Waals surface area contributed by atoms with Gasteiger partial charge in [0.2, 0.25) is 0 Å². The number of aryl methyl sites for hydroxylation is 1. The van der Waals surface area contributed by atoms with E-state index in [1.807, 2.05) is 6.92 Å². The average Bonchev–Trinajstić information content (AvgIpc) is 2.79. The van der Waals surface area contributed by atoms with Gasteiger partial charge in [-0.1, -0.05) is 36.2 Å². The highest BCUT2D eigenvalue weighted by atomic mass is 35.5. The fourth-order valence-corrected chi connectivity index (χ4v) is 3.23. The first-order valence-electron chi connectivity index (χ1n) is 5.45. The lowest BCUT2D eigenvalue weighted by Crippen LogP contribution is -2.13. The zero-order valence-corrected chi connectivity index (χ0v) is 12.3. The van der Waals surface area contributed by atoms with Crippen LogP contribution in [-0.4, -0.2) is 18.6 Å². The summed E-state index contributed by atoms with van der Waals surface area (Å²) in [7, 11) is -3.81. The third kappa shape index (κ3) is 3.02. The molecule has 5 nitrogen and oxygen atoms in total. The number of sulfonamides is 1. The Kier molecular flexibility index (Phi) is 4.03. The van der Waals surface area contributed by atoms with Gasteiger partial charge in [0.05, 0.1) is 10.0 Å². The van der Waals surface area contributed by atoms with Crippen LogP contribution >= 0.6 is 23.2 Å². The van der Waals surface area contributed by atoms with Crippen LogP contribution in [0.15, 0.2) is 29.2 Å². The van der Waals surface area contributed by atoms with E-state index in [1.165, 1.54) is 18.2 Å². The van der Waals surface area contributed by atoms with Gasteiger partial charge in [0.15, 0.2) is 5.82 Å². The molecule has 102 valence electrons. The normalized spacial score (nSPS) is 11.5. The van der Waals surface area contributed by atoms with Gasteiger partial charge >= 0.3 is 0 Å². The van der Waals surface area contributed by atoms with E-state index in [4.69, 9.17) is 23.2 Å². The minimum absolute atomic E-state index is 0.0112. The van der Waals surface area contributed by atoms with Crippen LogP contribution in [-0.2, 0) is 16.4 Å². The Hall–Kier alpha value is -1.24. The lowest BCUT2D eigenvalue weighted by molar-refractivity contribution is 0.601. The summed E-state index contributed by atoms with van der Waals surface area (Å²) in [5, 5.41) is 6.75. The molecule has 0 aliphatic rings. The molecule has 1 aromatic carbocycles. The Labute approximate surface area is 121 Å². The molecule has 0 radical (unpaired) electrons. The first kappa shape index (κ1) is 14.2. The van der Waals surface area contributed by atoms with E-state index in [-0.39, 0.29) is 20.8 Å². The molecule has 2 aromatic rings. The van der Waals surface area contributed by atoms with Crippen molar-refractivity contribution >= 4 is 39.0 Å². The number of halogens is 2. The molecule has 8 heteroatoms. The highest BCUT2D eigenvalue weighted by Gasteiger charge is 2.20. The molecule has 2 rings (SSSR count). The predicted octanol–water partition coefficient (Wildman–Crippen LogP) is 3.08. The number of anilines is 1. The molecule has 0 amide bonds. The Morgan fingerprint density at radius 3 is 2.74 bits per heavy atom. The van der Waals surface area contributed by atoms with Gasteiger partial charge in [-0.2, -0.15) is 5.10 Å². The standard InChI is InChI=1S/C11H11Cl2N3O2S/c1-2-7-6-10(15-14-7)16-19(17,18)9-5-3-4-8(12)11(9)13/h3-6H,2H2,1H3,(H2,14,15,16). The lowest BCUT2D eigenvalue weighted by atomic mass is 10.3. The van der Waals surface area contributed by atoms with Gasteiger partial charge in [0.1, 0.15) is 4.90 Å². The summed E-state index contributed by atoms with van der Waals surface area (Å²) in [4.78, 5) is -0.0808. The van der Waals surface area contributed by atoms with E-state index in [9.17, 15) is 8.42 Å². The van der Waals surface area contributed by atoms with Gasteiger partial charge in [-0.05, 0) is 18.6 Å². The van der Waals surface area contributed by atoms with E-state index >= 15 is 0 Å². The van der Waals surface area contributed by atoms with Gasteiger partial charge in [-0.3, -0.25) is 9.82 Å². The molecule has 0 bridgehead atoms. The molecule has 1 heterocycles. The number of hydrogen-bond acceptors (Lipinski definition) is 3. The molecule has 2 N–H and O–H groups in total. The second-order valence-electron chi connectivity index (χ2n) is 3.79. The van der Waals surface area contributed by atoms with Crippen molar-refractivity contribution in [3.05, 3.63) is 40.0 Å². The van der Waals surface area contributed by atoms with Gasteiger partial charge in [0.25, 0.3) is 10.0 Å². The first-order valence-corrected chi connectivity index (χ1v) is 7.69. The van der Waals surface area contributed by atoms with Crippen molar-refractivity contribution in [3.8, 4) is 0 Å². The molecule has 0 aliphatic heterocycles. The maximum absolute atomic E-state index is 12.2. The van der Waals surface area contributed by atoms with Gasteiger partial charge < -0.3 is 0 Å². The van der Waals surface area contributed by atoms with E-state index in [0.717, 1.165) is 12.1 Å². The van der Waals surface area contributed by atoms with Gasteiger partial charge in [-0.15, -0.1) is 0 Å². The topological polar surface area (TPSA) is 74.8 Å². The third-order valence-corrected chi connectivity index (χ3v) is 4.78. The Bertz CT molecular complexity index is 698. The van der Waals surface area contributed by atoms with Crippen LogP contribution in [0.4, 0.5) is 5.82 Å². The highest BCUT2D eigenvalue weighted by Crippen LogP contribution is 2.29. The van der Waals surface area contributed by atoms with E-state index in [2.05, 4.69) is 14.9 Å². The van der Waals surface area contributed by atoms with Gasteiger partial charge in [0, 0.05) is 11.8 Å². The van der Waals surface area contributed by atoms with Crippen LogP contribution < -0.4 is 4.72 Å². The number of aromatic amines is 1. The SMILES string of the molecule is CCc1cc(NS(=O)(=O)c2cccc(Cl)c2Cl)n[nH]1. The zero-order chi connectivity index (χ0) is 14.0. The summed E-state index contributed by atoms with van der Waals surface area (Å²) in [5.41, 5.74) is 0.829. The monoisotopic (exact) mass is 319 g/mol. The highest BCUT2D eigenvalue weighted by molar-refractivity contribution is 7.92. The Balaban J connectivity index is 2.35. The van der Waals surface area contributed by atoms with E-state index in [1.54, 1.807) is 6.07 Å². The lowest BCUT2D eigenvalue weighted by Gasteiger charge is -2.07. The Morgan fingerprint density at radius 1 is 1.37 bits per heavy atom. The molecule has 0 unspecified atom stereocenters. The summed E-state index contributed by atoms with van der Waals surface area (Å²) >= 11 is 11.7. The summed E-state index contributed by atoms with van der Waals surface area (Å²) in [6.45, 7) is 1.93. The quantitative estimate of drug-likeness (QED) is 0.909. The van der Waals surface area contributed by atoms with Crippen LogP contribution in [0.2, 0.25) is 10.0 Å². The number of aromatic nitrogens is 2. The summed E-state index contributed by atoms with van der Waals surface area (Å²) in [6, 6.07) is 6.04. The molecule has 0 fully saturated rings. The van der Waals surface area contributed by atoms with Crippen LogP contribution in [0.25, 0.3) is 0 Å². The number of nitrogens with one attached hydrogen (secondary N) is 2. The minimum Gasteiger partial charge on any atom is -0.280 e. The zero-order valence-electron chi connectivity index (χ0n) is 9.94. The van der Waals surface area contributed by atoms with E-state index < -0.39 is 10.0 Å². The van der Waals surface area contributed by atoms with Crippen molar-refractivity contribution in [2.75, 3.05) is 4.72 Å². The summed E-state index contributed by atoms with van der Waals surface area (Å²) < 4.78 is 26.7.